The molecule has 3 aromatic rings. The zero-order valence-electron chi connectivity index (χ0n) is 19.7. The molecular formula is C26H29N5O3. The number of hydrogen-bond acceptors (Lipinski definition) is 7. The highest BCUT2D eigenvalue weighted by molar-refractivity contribution is 6.11. The van der Waals surface area contributed by atoms with Crippen molar-refractivity contribution < 1.29 is 14.6 Å². The summed E-state index contributed by atoms with van der Waals surface area (Å²) in [6.07, 6.45) is 1.79. The summed E-state index contributed by atoms with van der Waals surface area (Å²) in [6, 6.07) is 15.1. The summed E-state index contributed by atoms with van der Waals surface area (Å²) in [5.74, 6) is 0.323. The van der Waals surface area contributed by atoms with Crippen LogP contribution in [0.25, 0.3) is 11.1 Å². The number of pyridine rings is 2. The molecule has 1 aliphatic rings. The second-order valence-corrected chi connectivity index (χ2v) is 8.34. The standard InChI is InChI=1S/C26H29N5O3/c1-17(2)24(27-3)23-20(18-9-10-22(28-16-18)31-11-13-34-14-12-31)15-21(26(32)33)30-25(23)29-19-7-5-4-6-8-19/h4-10,15-17H,11-14H2,1-3H3,(H,29,30)(H,32,33). The van der Waals surface area contributed by atoms with Crippen LogP contribution in [0.1, 0.15) is 29.9 Å². The first-order valence-electron chi connectivity index (χ1n) is 11.3. The second kappa shape index (κ2) is 10.4. The molecule has 0 aliphatic carbocycles. The highest BCUT2D eigenvalue weighted by Gasteiger charge is 2.23. The molecule has 176 valence electrons. The number of carbonyl (C=O) groups is 1. The quantitative estimate of drug-likeness (QED) is 0.502. The van der Waals surface area contributed by atoms with Gasteiger partial charge in [-0.3, -0.25) is 4.99 Å². The van der Waals surface area contributed by atoms with Gasteiger partial charge in [-0.2, -0.15) is 0 Å². The molecule has 2 N–H and O–H groups in total. The van der Waals surface area contributed by atoms with Gasteiger partial charge in [-0.15, -0.1) is 0 Å². The number of carboxylic acids is 1. The van der Waals surface area contributed by atoms with Gasteiger partial charge in [0, 0.05) is 48.9 Å². The summed E-state index contributed by atoms with van der Waals surface area (Å²) >= 11 is 0. The zero-order chi connectivity index (χ0) is 24.1. The minimum Gasteiger partial charge on any atom is -0.477 e. The summed E-state index contributed by atoms with van der Waals surface area (Å²) in [7, 11) is 1.75. The number of ether oxygens (including phenoxy) is 1. The van der Waals surface area contributed by atoms with Gasteiger partial charge in [0.05, 0.1) is 13.2 Å². The number of benzene rings is 1. The van der Waals surface area contributed by atoms with Crippen molar-refractivity contribution in [2.75, 3.05) is 43.6 Å². The van der Waals surface area contributed by atoms with E-state index in [0.717, 1.165) is 47.0 Å². The number of morpholine rings is 1. The van der Waals surface area contributed by atoms with Gasteiger partial charge in [-0.1, -0.05) is 32.0 Å². The molecule has 1 saturated heterocycles. The van der Waals surface area contributed by atoms with Crippen LogP contribution < -0.4 is 10.2 Å². The van der Waals surface area contributed by atoms with Crippen molar-refractivity contribution in [2.45, 2.75) is 13.8 Å². The predicted octanol–water partition coefficient (Wildman–Crippen LogP) is 4.50. The van der Waals surface area contributed by atoms with Gasteiger partial charge in [0.15, 0.2) is 5.69 Å². The molecule has 8 nitrogen and oxygen atoms in total. The number of aromatic nitrogens is 2. The van der Waals surface area contributed by atoms with Crippen LogP contribution >= 0.6 is 0 Å². The van der Waals surface area contributed by atoms with E-state index >= 15 is 0 Å². The Hall–Kier alpha value is -3.78. The lowest BCUT2D eigenvalue weighted by molar-refractivity contribution is 0.0690. The number of nitrogens with one attached hydrogen (secondary N) is 1. The van der Waals surface area contributed by atoms with E-state index in [-0.39, 0.29) is 11.6 Å². The number of nitrogens with zero attached hydrogens (tertiary/aromatic N) is 4. The first-order chi connectivity index (χ1) is 16.5. The number of aromatic carboxylic acids is 1. The molecule has 0 amide bonds. The Labute approximate surface area is 199 Å². The van der Waals surface area contributed by atoms with Crippen molar-refractivity contribution in [1.29, 1.82) is 0 Å². The van der Waals surface area contributed by atoms with Crippen LogP contribution in [0.2, 0.25) is 0 Å². The van der Waals surface area contributed by atoms with Crippen molar-refractivity contribution in [3.05, 3.63) is 66.0 Å². The first-order valence-corrected chi connectivity index (χ1v) is 11.3. The van der Waals surface area contributed by atoms with Crippen LogP contribution in [0.15, 0.2) is 59.7 Å². The molecule has 0 bridgehead atoms. The van der Waals surface area contributed by atoms with E-state index < -0.39 is 5.97 Å². The van der Waals surface area contributed by atoms with Gasteiger partial charge < -0.3 is 20.1 Å². The van der Waals surface area contributed by atoms with E-state index in [1.165, 1.54) is 0 Å². The Morgan fingerprint density at radius 1 is 1.15 bits per heavy atom. The van der Waals surface area contributed by atoms with Crippen molar-refractivity contribution in [3.63, 3.8) is 0 Å². The van der Waals surface area contributed by atoms with Gasteiger partial charge in [-0.05, 0) is 41.8 Å². The van der Waals surface area contributed by atoms with Gasteiger partial charge in [0.1, 0.15) is 11.6 Å². The average Bonchev–Trinajstić information content (AvgIpc) is 2.86. The maximum atomic E-state index is 12.0. The van der Waals surface area contributed by atoms with E-state index in [9.17, 15) is 9.90 Å². The van der Waals surface area contributed by atoms with Crippen LogP contribution in [0.4, 0.5) is 17.3 Å². The molecule has 2 aromatic heterocycles. The molecule has 1 aromatic carbocycles. The Bertz CT molecular complexity index is 1170. The van der Waals surface area contributed by atoms with E-state index in [1.54, 1.807) is 19.3 Å². The van der Waals surface area contributed by atoms with Crippen molar-refractivity contribution >= 4 is 29.0 Å². The number of rotatable bonds is 7. The largest absolute Gasteiger partial charge is 0.477 e. The Morgan fingerprint density at radius 2 is 1.88 bits per heavy atom. The van der Waals surface area contributed by atoms with E-state index in [1.807, 2.05) is 42.5 Å². The van der Waals surface area contributed by atoms with Gasteiger partial charge in [0.2, 0.25) is 0 Å². The van der Waals surface area contributed by atoms with Gasteiger partial charge in [-0.25, -0.2) is 14.8 Å². The number of anilines is 3. The van der Waals surface area contributed by atoms with E-state index in [4.69, 9.17) is 4.74 Å². The Balaban J connectivity index is 1.86. The highest BCUT2D eigenvalue weighted by Crippen LogP contribution is 2.34. The lowest BCUT2D eigenvalue weighted by Gasteiger charge is -2.28. The molecule has 0 unspecified atom stereocenters. The maximum absolute atomic E-state index is 12.0. The zero-order valence-corrected chi connectivity index (χ0v) is 19.7. The van der Waals surface area contributed by atoms with Crippen LogP contribution in [0.3, 0.4) is 0 Å². The molecule has 0 atom stereocenters. The first kappa shape index (κ1) is 23.4. The molecule has 0 radical (unpaired) electrons. The van der Waals surface area contributed by atoms with Crippen LogP contribution in [0.5, 0.6) is 0 Å². The lowest BCUT2D eigenvalue weighted by atomic mass is 9.92. The number of aliphatic imine (C=N–C) groups is 1. The predicted molar refractivity (Wildman–Crippen MR) is 134 cm³/mol. The van der Waals surface area contributed by atoms with Crippen molar-refractivity contribution in [2.24, 2.45) is 10.9 Å². The summed E-state index contributed by atoms with van der Waals surface area (Å²) in [4.78, 5) is 27.9. The smallest absolute Gasteiger partial charge is 0.354 e. The molecule has 0 spiro atoms. The van der Waals surface area contributed by atoms with E-state index in [0.29, 0.717) is 19.0 Å². The van der Waals surface area contributed by atoms with Gasteiger partial charge >= 0.3 is 5.97 Å². The molecule has 34 heavy (non-hydrogen) atoms. The molecule has 0 saturated carbocycles. The Kier molecular flexibility index (Phi) is 7.18. The van der Waals surface area contributed by atoms with Crippen LogP contribution in [-0.4, -0.2) is 60.1 Å². The van der Waals surface area contributed by atoms with Crippen molar-refractivity contribution in [3.8, 4) is 11.1 Å². The minimum absolute atomic E-state index is 0.0475. The second-order valence-electron chi connectivity index (χ2n) is 8.34. The fourth-order valence-electron chi connectivity index (χ4n) is 4.07. The minimum atomic E-state index is -1.10. The molecule has 4 rings (SSSR count). The molecule has 1 fully saturated rings. The average molecular weight is 460 g/mol. The molecule has 1 aliphatic heterocycles. The summed E-state index contributed by atoms with van der Waals surface area (Å²) in [5, 5.41) is 13.1. The Morgan fingerprint density at radius 3 is 2.47 bits per heavy atom. The highest BCUT2D eigenvalue weighted by atomic mass is 16.5. The summed E-state index contributed by atoms with van der Waals surface area (Å²) < 4.78 is 5.44. The van der Waals surface area contributed by atoms with Gasteiger partial charge in [0.25, 0.3) is 0 Å². The number of carboxylic acid groups (broad SMARTS) is 1. The fraction of sp³-hybridized carbons (Fsp3) is 0.308. The third-order valence-electron chi connectivity index (χ3n) is 5.71. The third-order valence-corrected chi connectivity index (χ3v) is 5.71. The third kappa shape index (κ3) is 5.07. The molecule has 8 heteroatoms. The lowest BCUT2D eigenvalue weighted by Crippen LogP contribution is -2.36. The number of para-hydroxylation sites is 1. The van der Waals surface area contributed by atoms with Crippen molar-refractivity contribution in [1.82, 2.24) is 9.97 Å². The van der Waals surface area contributed by atoms with E-state index in [2.05, 4.69) is 39.0 Å². The molecule has 3 heterocycles. The van der Waals surface area contributed by atoms with Crippen LogP contribution in [-0.2, 0) is 4.74 Å². The number of hydrogen-bond donors (Lipinski definition) is 2. The molecular weight excluding hydrogens is 430 g/mol. The fourth-order valence-corrected chi connectivity index (χ4v) is 4.07. The SMILES string of the molecule is CN=C(c1c(-c2ccc(N3CCOCC3)nc2)cc(C(=O)O)nc1Nc1ccccc1)C(C)C. The summed E-state index contributed by atoms with van der Waals surface area (Å²) in [5.41, 5.74) is 3.89. The summed E-state index contributed by atoms with van der Waals surface area (Å²) in [6.45, 7) is 7.06. The monoisotopic (exact) mass is 459 g/mol. The normalized spacial score (nSPS) is 14.4. The van der Waals surface area contributed by atoms with Crippen LogP contribution in [0, 0.1) is 5.92 Å². The topological polar surface area (TPSA) is 99.9 Å². The maximum Gasteiger partial charge on any atom is 0.354 e.